The molecule has 6 heteroatoms. The third-order valence-corrected chi connectivity index (χ3v) is 8.29. The third-order valence-electron chi connectivity index (χ3n) is 8.29. The first-order valence-corrected chi connectivity index (χ1v) is 18.9. The molecule has 0 unspecified atom stereocenters. The van der Waals surface area contributed by atoms with E-state index < -0.39 is 6.10 Å². The van der Waals surface area contributed by atoms with E-state index >= 15 is 0 Å². The lowest BCUT2D eigenvalue weighted by molar-refractivity contribution is -0.167. The van der Waals surface area contributed by atoms with Crippen LogP contribution in [0.25, 0.3) is 0 Å². The van der Waals surface area contributed by atoms with Crippen LogP contribution in [0.3, 0.4) is 0 Å². The Morgan fingerprint density at radius 1 is 0.432 bits per heavy atom. The van der Waals surface area contributed by atoms with Crippen LogP contribution in [-0.4, -0.2) is 37.2 Å². The Bertz CT molecular complexity index is 662. The van der Waals surface area contributed by atoms with Gasteiger partial charge in [0.25, 0.3) is 0 Å². The van der Waals surface area contributed by atoms with E-state index in [0.29, 0.717) is 19.3 Å². The lowest BCUT2D eigenvalue weighted by Crippen LogP contribution is -2.30. The van der Waals surface area contributed by atoms with Crippen LogP contribution in [-0.2, 0) is 28.6 Å². The fourth-order valence-corrected chi connectivity index (χ4v) is 5.39. The van der Waals surface area contributed by atoms with E-state index in [1.54, 1.807) is 0 Å². The van der Waals surface area contributed by atoms with Crippen molar-refractivity contribution < 1.29 is 28.6 Å². The zero-order valence-electron chi connectivity index (χ0n) is 29.6. The first-order chi connectivity index (χ1) is 21.4. The summed E-state index contributed by atoms with van der Waals surface area (Å²) < 4.78 is 16.5. The molecule has 0 aliphatic rings. The highest BCUT2D eigenvalue weighted by Crippen LogP contribution is 2.14. The smallest absolute Gasteiger partial charge is 0.306 e. The maximum Gasteiger partial charge on any atom is 0.306 e. The quantitative estimate of drug-likeness (QED) is 0.0410. The summed E-state index contributed by atoms with van der Waals surface area (Å²) in [7, 11) is 0. The van der Waals surface area contributed by atoms with Gasteiger partial charge >= 0.3 is 17.9 Å². The number of carbonyl (C=O) groups excluding carboxylic acids is 3. The molecule has 0 aliphatic carbocycles. The Morgan fingerprint density at radius 3 is 1.11 bits per heavy atom. The van der Waals surface area contributed by atoms with Crippen LogP contribution < -0.4 is 0 Å². The number of rotatable bonds is 33. The largest absolute Gasteiger partial charge is 0.462 e. The van der Waals surface area contributed by atoms with Gasteiger partial charge in [-0.1, -0.05) is 163 Å². The average Bonchev–Trinajstić information content (AvgIpc) is 3.00. The van der Waals surface area contributed by atoms with E-state index in [0.717, 1.165) is 63.7 Å². The Kier molecular flexibility index (Phi) is 31.6. The van der Waals surface area contributed by atoms with Gasteiger partial charge in [-0.2, -0.15) is 0 Å². The molecule has 0 bridgehead atoms. The summed E-state index contributed by atoms with van der Waals surface area (Å²) in [4.78, 5) is 37.2. The molecule has 0 saturated carbocycles. The normalized spacial score (nSPS) is 11.9. The van der Waals surface area contributed by atoms with Gasteiger partial charge in [-0.3, -0.25) is 14.4 Å². The molecule has 0 heterocycles. The molecule has 260 valence electrons. The first-order valence-electron chi connectivity index (χ1n) is 18.9. The van der Waals surface area contributed by atoms with Crippen LogP contribution in [0.5, 0.6) is 0 Å². The molecule has 0 radical (unpaired) electrons. The molecule has 1 atom stereocenters. The summed E-state index contributed by atoms with van der Waals surface area (Å²) in [6, 6.07) is 0. The maximum absolute atomic E-state index is 12.5. The summed E-state index contributed by atoms with van der Waals surface area (Å²) in [6.45, 7) is 8.83. The van der Waals surface area contributed by atoms with Crippen molar-refractivity contribution in [1.29, 1.82) is 0 Å². The Morgan fingerprint density at radius 2 is 0.750 bits per heavy atom. The second-order valence-corrected chi connectivity index (χ2v) is 13.3. The van der Waals surface area contributed by atoms with Gasteiger partial charge in [-0.25, -0.2) is 0 Å². The van der Waals surface area contributed by atoms with Crippen molar-refractivity contribution in [1.82, 2.24) is 0 Å². The minimum absolute atomic E-state index is 0.0665. The van der Waals surface area contributed by atoms with Crippen LogP contribution in [0.4, 0.5) is 0 Å². The minimum atomic E-state index is -0.756. The van der Waals surface area contributed by atoms with Gasteiger partial charge in [0.2, 0.25) is 0 Å². The maximum atomic E-state index is 12.5. The van der Waals surface area contributed by atoms with Gasteiger partial charge in [-0.05, 0) is 25.2 Å². The van der Waals surface area contributed by atoms with Crippen molar-refractivity contribution in [3.63, 3.8) is 0 Å². The van der Waals surface area contributed by atoms with E-state index in [-0.39, 0.29) is 31.1 Å². The van der Waals surface area contributed by atoms with Gasteiger partial charge in [-0.15, -0.1) is 0 Å². The standard InChI is InChI=1S/C38H72O6/c1-5-7-9-11-13-14-15-17-21-25-29-36(39)42-32-35(44-38(41)31-27-23-16-12-10-8-6-2)33-43-37(40)30-26-22-19-18-20-24-28-34(3)4/h34-35H,5-33H2,1-4H3/t35-/m0/s1. The number of ether oxygens (including phenoxy) is 3. The van der Waals surface area contributed by atoms with Crippen LogP contribution in [0, 0.1) is 5.92 Å². The second-order valence-electron chi connectivity index (χ2n) is 13.3. The molecule has 0 aromatic rings. The second kappa shape index (κ2) is 32.8. The predicted molar refractivity (Wildman–Crippen MR) is 183 cm³/mol. The van der Waals surface area contributed by atoms with Crippen molar-refractivity contribution in [2.24, 2.45) is 5.92 Å². The number of unbranched alkanes of at least 4 members (excludes halogenated alkanes) is 20. The predicted octanol–water partition coefficient (Wildman–Crippen LogP) is 11.2. The zero-order chi connectivity index (χ0) is 32.5. The minimum Gasteiger partial charge on any atom is -0.462 e. The lowest BCUT2D eigenvalue weighted by Gasteiger charge is -2.18. The number of hydrogen-bond acceptors (Lipinski definition) is 6. The molecule has 0 aliphatic heterocycles. The highest BCUT2D eigenvalue weighted by Gasteiger charge is 2.19. The van der Waals surface area contributed by atoms with Gasteiger partial charge in [0.15, 0.2) is 6.10 Å². The van der Waals surface area contributed by atoms with Crippen LogP contribution >= 0.6 is 0 Å². The Balaban J connectivity index is 4.33. The van der Waals surface area contributed by atoms with E-state index in [2.05, 4.69) is 27.7 Å². The fourth-order valence-electron chi connectivity index (χ4n) is 5.39. The highest BCUT2D eigenvalue weighted by atomic mass is 16.6. The Hall–Kier alpha value is -1.59. The molecule has 6 nitrogen and oxygen atoms in total. The average molecular weight is 625 g/mol. The summed E-state index contributed by atoms with van der Waals surface area (Å²) in [6.07, 6.45) is 28.2. The van der Waals surface area contributed by atoms with Gasteiger partial charge < -0.3 is 14.2 Å². The Labute approximate surface area is 272 Å². The van der Waals surface area contributed by atoms with Gasteiger partial charge in [0.05, 0.1) is 0 Å². The molecule has 0 fully saturated rings. The van der Waals surface area contributed by atoms with E-state index in [1.807, 2.05) is 0 Å². The lowest BCUT2D eigenvalue weighted by atomic mass is 10.0. The van der Waals surface area contributed by atoms with Crippen LogP contribution in [0.2, 0.25) is 0 Å². The monoisotopic (exact) mass is 625 g/mol. The van der Waals surface area contributed by atoms with Crippen molar-refractivity contribution in [3.8, 4) is 0 Å². The SMILES string of the molecule is CCCCCCCCCCCCC(=O)OC[C@@H](COC(=O)CCCCCCCCC(C)C)OC(=O)CCCCCCCCC. The molecular weight excluding hydrogens is 552 g/mol. The van der Waals surface area contributed by atoms with Gasteiger partial charge in [0.1, 0.15) is 13.2 Å². The molecule has 0 saturated heterocycles. The summed E-state index contributed by atoms with van der Waals surface area (Å²) in [5.74, 6) is -0.115. The highest BCUT2D eigenvalue weighted by molar-refractivity contribution is 5.71. The number of carbonyl (C=O) groups is 3. The zero-order valence-corrected chi connectivity index (χ0v) is 29.6. The van der Waals surface area contributed by atoms with Crippen LogP contribution in [0.15, 0.2) is 0 Å². The van der Waals surface area contributed by atoms with Crippen LogP contribution in [0.1, 0.15) is 201 Å². The number of hydrogen-bond donors (Lipinski definition) is 0. The summed E-state index contributed by atoms with van der Waals surface area (Å²) in [5.41, 5.74) is 0. The molecule has 0 N–H and O–H groups in total. The van der Waals surface area contributed by atoms with Crippen molar-refractivity contribution in [2.75, 3.05) is 13.2 Å². The third kappa shape index (κ3) is 31.8. The molecule has 0 aromatic carbocycles. The van der Waals surface area contributed by atoms with Gasteiger partial charge in [0, 0.05) is 19.3 Å². The van der Waals surface area contributed by atoms with E-state index in [9.17, 15) is 14.4 Å². The number of esters is 3. The summed E-state index contributed by atoms with van der Waals surface area (Å²) in [5, 5.41) is 0. The van der Waals surface area contributed by atoms with Crippen molar-refractivity contribution in [3.05, 3.63) is 0 Å². The molecule has 0 rings (SSSR count). The topological polar surface area (TPSA) is 78.9 Å². The molecule has 44 heavy (non-hydrogen) atoms. The van der Waals surface area contributed by atoms with E-state index in [1.165, 1.54) is 96.3 Å². The summed E-state index contributed by atoms with van der Waals surface area (Å²) >= 11 is 0. The molecular formula is C38H72O6. The molecule has 0 amide bonds. The molecule has 0 aromatic heterocycles. The molecule has 0 spiro atoms. The van der Waals surface area contributed by atoms with Crippen molar-refractivity contribution >= 4 is 17.9 Å². The first kappa shape index (κ1) is 42.4. The van der Waals surface area contributed by atoms with E-state index in [4.69, 9.17) is 14.2 Å². The fraction of sp³-hybridized carbons (Fsp3) is 0.921. The van der Waals surface area contributed by atoms with Crippen molar-refractivity contribution in [2.45, 2.75) is 207 Å².